The smallest absolute Gasteiger partial charge is 0.410 e. The molecule has 7 heteroatoms. The first kappa shape index (κ1) is 22.2. The number of carbonyl (C=O) groups is 1. The van der Waals surface area contributed by atoms with E-state index >= 15 is 0 Å². The number of piperidine rings is 1. The highest BCUT2D eigenvalue weighted by Gasteiger charge is 2.50. The van der Waals surface area contributed by atoms with Crippen LogP contribution in [0.5, 0.6) is 0 Å². The highest BCUT2D eigenvalue weighted by atomic mass is 19.1. The molecule has 1 amide bonds. The van der Waals surface area contributed by atoms with Crippen molar-refractivity contribution in [2.24, 2.45) is 0 Å². The number of hydrogen-bond acceptors (Lipinski definition) is 4. The van der Waals surface area contributed by atoms with E-state index in [1.54, 1.807) is 4.90 Å². The van der Waals surface area contributed by atoms with Gasteiger partial charge in [0.1, 0.15) is 18.2 Å². The molecular formula is C28H25F2NO4. The number of morpholine rings is 1. The molecule has 2 heterocycles. The number of hydrogen-bond donors (Lipinski definition) is 1. The highest BCUT2D eigenvalue weighted by molar-refractivity contribution is 5.79. The van der Waals surface area contributed by atoms with Crippen LogP contribution in [0.4, 0.5) is 13.6 Å². The van der Waals surface area contributed by atoms with Crippen LogP contribution in [0.2, 0.25) is 0 Å². The maximum Gasteiger partial charge on any atom is 0.410 e. The normalized spacial score (nSPS) is 25.2. The number of aliphatic hydroxyl groups is 1. The van der Waals surface area contributed by atoms with E-state index in [-0.39, 0.29) is 44.1 Å². The summed E-state index contributed by atoms with van der Waals surface area (Å²) >= 11 is 0. The lowest BCUT2D eigenvalue weighted by molar-refractivity contribution is -0.137. The number of benzene rings is 3. The Balaban J connectivity index is 1.22. The van der Waals surface area contributed by atoms with Crippen LogP contribution in [0.25, 0.3) is 11.1 Å². The third-order valence-corrected chi connectivity index (χ3v) is 7.53. The molecule has 1 aliphatic carbocycles. The van der Waals surface area contributed by atoms with Crippen LogP contribution in [0.3, 0.4) is 0 Å². The highest BCUT2D eigenvalue weighted by Crippen LogP contribution is 2.45. The average molecular weight is 478 g/mol. The fourth-order valence-corrected chi connectivity index (χ4v) is 6.02. The van der Waals surface area contributed by atoms with Gasteiger partial charge < -0.3 is 14.6 Å². The molecule has 5 nitrogen and oxygen atoms in total. The number of fused-ring (bicyclic) bond motifs is 5. The number of amides is 1. The summed E-state index contributed by atoms with van der Waals surface area (Å²) in [5, 5.41) is 11.3. The molecule has 1 N–H and O–H groups in total. The second kappa shape index (κ2) is 8.43. The summed E-state index contributed by atoms with van der Waals surface area (Å²) in [5.41, 5.74) is 2.87. The topological polar surface area (TPSA) is 59.0 Å². The number of nitrogens with zero attached hydrogens (tertiary/aromatic N) is 1. The van der Waals surface area contributed by atoms with Gasteiger partial charge in [-0.1, -0.05) is 48.5 Å². The molecule has 3 aromatic carbocycles. The van der Waals surface area contributed by atoms with E-state index in [0.29, 0.717) is 0 Å². The van der Waals surface area contributed by atoms with Gasteiger partial charge in [0.05, 0.1) is 30.9 Å². The Hall–Kier alpha value is -3.29. The summed E-state index contributed by atoms with van der Waals surface area (Å²) in [4.78, 5) is 14.9. The molecule has 0 spiro atoms. The second-order valence-electron chi connectivity index (χ2n) is 9.62. The third-order valence-electron chi connectivity index (χ3n) is 7.53. The Morgan fingerprint density at radius 2 is 1.57 bits per heavy atom. The lowest BCUT2D eigenvalue weighted by Gasteiger charge is -2.51. The Labute approximate surface area is 201 Å². The molecule has 35 heavy (non-hydrogen) atoms. The minimum Gasteiger partial charge on any atom is -0.448 e. The van der Waals surface area contributed by atoms with Crippen molar-refractivity contribution in [3.8, 4) is 11.1 Å². The molecule has 6 rings (SSSR count). The zero-order valence-corrected chi connectivity index (χ0v) is 19.0. The Morgan fingerprint density at radius 3 is 2.20 bits per heavy atom. The van der Waals surface area contributed by atoms with E-state index in [1.807, 2.05) is 24.3 Å². The van der Waals surface area contributed by atoms with Crippen molar-refractivity contribution >= 4 is 6.09 Å². The maximum absolute atomic E-state index is 14.5. The van der Waals surface area contributed by atoms with Crippen LogP contribution in [0.15, 0.2) is 66.7 Å². The standard InChI is InChI=1S/C28H25F2NO4/c29-17-9-10-26(30)25(11-17)28(33)12-18-14-34-15-19(13-28)31(18)27(32)35-16-24-22-7-3-1-5-20(22)21-6-2-4-8-23(21)24/h1-11,18-19,24,33H,12-16H2. The van der Waals surface area contributed by atoms with Gasteiger partial charge >= 0.3 is 6.09 Å². The first-order chi connectivity index (χ1) is 16.9. The second-order valence-corrected chi connectivity index (χ2v) is 9.62. The van der Waals surface area contributed by atoms with E-state index in [9.17, 15) is 18.7 Å². The largest absolute Gasteiger partial charge is 0.448 e. The van der Waals surface area contributed by atoms with Crippen LogP contribution in [0.1, 0.15) is 35.4 Å². The van der Waals surface area contributed by atoms with E-state index in [0.717, 1.165) is 40.5 Å². The van der Waals surface area contributed by atoms with Crippen LogP contribution in [-0.2, 0) is 15.1 Å². The van der Waals surface area contributed by atoms with Crippen molar-refractivity contribution < 1.29 is 28.2 Å². The maximum atomic E-state index is 14.5. The number of carbonyl (C=O) groups excluding carboxylic acids is 1. The summed E-state index contributed by atoms with van der Waals surface area (Å²) < 4.78 is 39.8. The molecule has 3 aliphatic rings. The average Bonchev–Trinajstić information content (AvgIpc) is 3.17. The lowest BCUT2D eigenvalue weighted by Crippen LogP contribution is -2.62. The number of ether oxygens (including phenoxy) is 2. The zero-order valence-electron chi connectivity index (χ0n) is 19.0. The quantitative estimate of drug-likeness (QED) is 0.579. The van der Waals surface area contributed by atoms with Crippen LogP contribution < -0.4 is 0 Å². The van der Waals surface area contributed by atoms with Crippen molar-refractivity contribution in [2.75, 3.05) is 19.8 Å². The Morgan fingerprint density at radius 1 is 0.971 bits per heavy atom. The van der Waals surface area contributed by atoms with Crippen molar-refractivity contribution in [3.05, 3.63) is 95.1 Å². The number of halogens is 2. The van der Waals surface area contributed by atoms with E-state index in [4.69, 9.17) is 9.47 Å². The van der Waals surface area contributed by atoms with Gasteiger partial charge in [0.15, 0.2) is 0 Å². The first-order valence-electron chi connectivity index (χ1n) is 11.8. The molecule has 2 aliphatic heterocycles. The molecule has 2 fully saturated rings. The van der Waals surface area contributed by atoms with Crippen LogP contribution in [-0.4, -0.2) is 48.0 Å². The van der Waals surface area contributed by atoms with Crippen molar-refractivity contribution in [3.63, 3.8) is 0 Å². The van der Waals surface area contributed by atoms with Gasteiger partial charge in [-0.25, -0.2) is 13.6 Å². The fraction of sp³-hybridized carbons (Fsp3) is 0.321. The fourth-order valence-electron chi connectivity index (χ4n) is 6.02. The molecule has 2 atom stereocenters. The first-order valence-corrected chi connectivity index (χ1v) is 11.8. The molecule has 3 aromatic rings. The molecule has 0 radical (unpaired) electrons. The Kier molecular flexibility index (Phi) is 5.34. The van der Waals surface area contributed by atoms with Crippen molar-refractivity contribution in [2.45, 2.75) is 36.4 Å². The van der Waals surface area contributed by atoms with Gasteiger partial charge in [0.2, 0.25) is 0 Å². The van der Waals surface area contributed by atoms with Gasteiger partial charge in [-0.2, -0.15) is 0 Å². The SMILES string of the molecule is O=C(OCC1c2ccccc2-c2ccccc21)N1C2COCC1CC(O)(c1cc(F)ccc1F)C2. The van der Waals surface area contributed by atoms with Crippen LogP contribution >= 0.6 is 0 Å². The summed E-state index contributed by atoms with van der Waals surface area (Å²) in [6.07, 6.45) is -0.408. The van der Waals surface area contributed by atoms with E-state index in [2.05, 4.69) is 24.3 Å². The molecule has 180 valence electrons. The molecule has 0 aromatic heterocycles. The minimum atomic E-state index is -1.59. The summed E-state index contributed by atoms with van der Waals surface area (Å²) in [6.45, 7) is 0.576. The van der Waals surface area contributed by atoms with Gasteiger partial charge in [0, 0.05) is 24.3 Å². The molecular weight excluding hydrogens is 452 g/mol. The van der Waals surface area contributed by atoms with Crippen molar-refractivity contribution in [1.82, 2.24) is 4.90 Å². The summed E-state index contributed by atoms with van der Waals surface area (Å²) in [6, 6.07) is 18.3. The van der Waals surface area contributed by atoms with Gasteiger partial charge in [0.25, 0.3) is 0 Å². The van der Waals surface area contributed by atoms with Gasteiger partial charge in [-0.3, -0.25) is 4.90 Å². The summed E-state index contributed by atoms with van der Waals surface area (Å²) in [7, 11) is 0. The molecule has 2 unspecified atom stereocenters. The summed E-state index contributed by atoms with van der Waals surface area (Å²) in [5.74, 6) is -1.34. The molecule has 2 bridgehead atoms. The third kappa shape index (κ3) is 3.70. The predicted molar refractivity (Wildman–Crippen MR) is 125 cm³/mol. The van der Waals surface area contributed by atoms with Gasteiger partial charge in [-0.15, -0.1) is 0 Å². The van der Waals surface area contributed by atoms with E-state index < -0.39 is 35.4 Å². The number of rotatable bonds is 3. The minimum absolute atomic E-state index is 0.0358. The Bertz CT molecular complexity index is 1240. The molecule has 2 saturated heterocycles. The monoisotopic (exact) mass is 477 g/mol. The zero-order chi connectivity index (χ0) is 24.2. The lowest BCUT2D eigenvalue weighted by atomic mass is 9.76. The van der Waals surface area contributed by atoms with Crippen LogP contribution in [0, 0.1) is 11.6 Å². The molecule has 0 saturated carbocycles. The predicted octanol–water partition coefficient (Wildman–Crippen LogP) is 4.96. The van der Waals surface area contributed by atoms with Gasteiger partial charge in [-0.05, 0) is 40.5 Å². The van der Waals surface area contributed by atoms with E-state index in [1.165, 1.54) is 0 Å². The van der Waals surface area contributed by atoms with Crippen molar-refractivity contribution in [1.29, 1.82) is 0 Å².